The predicted octanol–water partition coefficient (Wildman–Crippen LogP) is -0.128. The van der Waals surface area contributed by atoms with Gasteiger partial charge in [-0.15, -0.1) is 16.9 Å². The molecule has 0 spiro atoms. The zero-order valence-electron chi connectivity index (χ0n) is 18.1. The molecule has 2 fully saturated rings. The average Bonchev–Trinajstić information content (AvgIpc) is 3.23. The van der Waals surface area contributed by atoms with Crippen molar-refractivity contribution < 1.29 is 29.4 Å². The lowest BCUT2D eigenvalue weighted by Gasteiger charge is -2.53. The standard InChI is InChI=1S/C20H22N6O6S2/c1-11-4-2-3-5-12(11)6-13(27)21-15-16(30)25-8-20(18(31)32,9-33-17(15)25)10-34-19-22-23-24-26(19)7-14(28)29/h2-5,15,17H,6-10H2,1H3,(H,21,27)(H,28,29)(H,31,32)/t15?,17-,20?/m1/s1. The molecule has 1 aromatic carbocycles. The molecule has 180 valence electrons. The Bertz CT molecular complexity index is 1140. The minimum Gasteiger partial charge on any atom is -0.481 e. The molecule has 0 aliphatic carbocycles. The van der Waals surface area contributed by atoms with Crippen molar-refractivity contribution in [1.29, 1.82) is 0 Å². The van der Waals surface area contributed by atoms with Gasteiger partial charge in [0.15, 0.2) is 0 Å². The summed E-state index contributed by atoms with van der Waals surface area (Å²) in [6.07, 6.45) is 0.161. The lowest BCUT2D eigenvalue weighted by molar-refractivity contribution is -0.157. The highest BCUT2D eigenvalue weighted by Crippen LogP contribution is 2.44. The fraction of sp³-hybridized carbons (Fsp3) is 0.450. The van der Waals surface area contributed by atoms with Crippen molar-refractivity contribution >= 4 is 47.3 Å². The Hall–Kier alpha value is -3.13. The van der Waals surface area contributed by atoms with Crippen LogP contribution in [0.4, 0.5) is 0 Å². The largest absolute Gasteiger partial charge is 0.481 e. The van der Waals surface area contributed by atoms with Crippen LogP contribution < -0.4 is 5.32 Å². The molecule has 1 aromatic heterocycles. The molecule has 4 rings (SSSR count). The molecule has 0 saturated carbocycles. The van der Waals surface area contributed by atoms with Crippen molar-refractivity contribution in [3.63, 3.8) is 0 Å². The SMILES string of the molecule is Cc1ccccc1CC(=O)NC1C(=O)N2CC(CSc3nnnn3CC(=O)O)(C(=O)O)CS[C@H]12. The van der Waals surface area contributed by atoms with Crippen LogP contribution in [0.5, 0.6) is 0 Å². The summed E-state index contributed by atoms with van der Waals surface area (Å²) in [6.45, 7) is 1.46. The van der Waals surface area contributed by atoms with E-state index in [1.165, 1.54) is 16.7 Å². The minimum absolute atomic E-state index is 0.0174. The van der Waals surface area contributed by atoms with Crippen molar-refractivity contribution in [3.05, 3.63) is 35.4 Å². The monoisotopic (exact) mass is 506 g/mol. The number of benzene rings is 1. The van der Waals surface area contributed by atoms with E-state index in [0.29, 0.717) is 0 Å². The van der Waals surface area contributed by atoms with Gasteiger partial charge in [0, 0.05) is 18.1 Å². The summed E-state index contributed by atoms with van der Waals surface area (Å²) >= 11 is 2.34. The molecule has 2 aliphatic heterocycles. The third-order valence-corrected chi connectivity index (χ3v) is 8.62. The van der Waals surface area contributed by atoms with E-state index < -0.39 is 29.9 Å². The Morgan fingerprint density at radius 3 is 2.76 bits per heavy atom. The maximum absolute atomic E-state index is 12.8. The van der Waals surface area contributed by atoms with Crippen molar-refractivity contribution in [1.82, 2.24) is 30.4 Å². The summed E-state index contributed by atoms with van der Waals surface area (Å²) in [7, 11) is 0. The average molecular weight is 507 g/mol. The van der Waals surface area contributed by atoms with E-state index >= 15 is 0 Å². The van der Waals surface area contributed by atoms with Gasteiger partial charge in [-0.3, -0.25) is 19.2 Å². The van der Waals surface area contributed by atoms with Crippen molar-refractivity contribution in [2.45, 2.75) is 36.5 Å². The van der Waals surface area contributed by atoms with Crippen molar-refractivity contribution in [2.75, 3.05) is 18.1 Å². The van der Waals surface area contributed by atoms with Gasteiger partial charge in [0.2, 0.25) is 17.0 Å². The number of carboxylic acid groups (broad SMARTS) is 2. The quantitative estimate of drug-likeness (QED) is 0.306. The number of carbonyl (C=O) groups excluding carboxylic acids is 2. The smallest absolute Gasteiger partial charge is 0.325 e. The Kier molecular flexibility index (Phi) is 6.79. The van der Waals surface area contributed by atoms with Crippen molar-refractivity contribution in [3.8, 4) is 0 Å². The second-order valence-corrected chi connectivity index (χ2v) is 10.3. The highest BCUT2D eigenvalue weighted by atomic mass is 32.2. The zero-order chi connectivity index (χ0) is 24.5. The molecule has 12 nitrogen and oxygen atoms in total. The molecule has 0 bridgehead atoms. The summed E-state index contributed by atoms with van der Waals surface area (Å²) in [6, 6.07) is 6.84. The number of nitrogens with zero attached hydrogens (tertiary/aromatic N) is 5. The maximum atomic E-state index is 12.8. The van der Waals surface area contributed by atoms with Gasteiger partial charge in [-0.05, 0) is 28.5 Å². The van der Waals surface area contributed by atoms with E-state index in [0.717, 1.165) is 27.6 Å². The van der Waals surface area contributed by atoms with Gasteiger partial charge >= 0.3 is 11.9 Å². The number of carbonyl (C=O) groups is 4. The number of aliphatic carboxylic acids is 2. The van der Waals surface area contributed by atoms with E-state index in [1.54, 1.807) is 0 Å². The molecule has 2 saturated heterocycles. The summed E-state index contributed by atoms with van der Waals surface area (Å²) in [5, 5.41) is 32.4. The topological polar surface area (TPSA) is 168 Å². The predicted molar refractivity (Wildman–Crippen MR) is 121 cm³/mol. The molecule has 3 atom stereocenters. The van der Waals surface area contributed by atoms with Gasteiger partial charge in [-0.2, -0.15) is 0 Å². The molecule has 0 radical (unpaired) electrons. The highest BCUT2D eigenvalue weighted by molar-refractivity contribution is 8.00. The van der Waals surface area contributed by atoms with Crippen LogP contribution in [0.1, 0.15) is 11.1 Å². The number of fused-ring (bicyclic) bond motifs is 1. The molecule has 2 unspecified atom stereocenters. The van der Waals surface area contributed by atoms with E-state index in [-0.39, 0.29) is 46.8 Å². The Balaban J connectivity index is 1.38. The van der Waals surface area contributed by atoms with Gasteiger partial charge in [-0.25, -0.2) is 4.68 Å². The molecule has 2 amide bonds. The van der Waals surface area contributed by atoms with Gasteiger partial charge in [0.05, 0.1) is 6.42 Å². The normalized spacial score (nSPS) is 23.7. The first-order valence-electron chi connectivity index (χ1n) is 10.3. The fourth-order valence-electron chi connectivity index (χ4n) is 3.84. The van der Waals surface area contributed by atoms with Crippen LogP contribution >= 0.6 is 23.5 Å². The number of rotatable bonds is 9. The van der Waals surface area contributed by atoms with Gasteiger partial charge in [0.1, 0.15) is 23.4 Å². The van der Waals surface area contributed by atoms with E-state index in [1.807, 2.05) is 31.2 Å². The number of aryl methyl sites for hydroxylation is 1. The molecule has 2 aromatic rings. The van der Waals surface area contributed by atoms with Crippen LogP contribution in [-0.4, -0.2) is 88.5 Å². The lowest BCUT2D eigenvalue weighted by Crippen LogP contribution is -2.74. The summed E-state index contributed by atoms with van der Waals surface area (Å²) in [5.74, 6) is -2.50. The molecule has 14 heteroatoms. The number of thioether (sulfide) groups is 2. The number of amides is 2. The third-order valence-electron chi connectivity index (χ3n) is 5.79. The fourth-order valence-corrected chi connectivity index (χ4v) is 6.58. The van der Waals surface area contributed by atoms with E-state index in [9.17, 15) is 24.3 Å². The van der Waals surface area contributed by atoms with Crippen LogP contribution in [-0.2, 0) is 32.1 Å². The lowest BCUT2D eigenvalue weighted by atomic mass is 9.89. The van der Waals surface area contributed by atoms with Gasteiger partial charge in [-0.1, -0.05) is 36.0 Å². The molecular formula is C20H22N6O6S2. The summed E-state index contributed by atoms with van der Waals surface area (Å²) in [4.78, 5) is 49.9. The second-order valence-electron chi connectivity index (χ2n) is 8.20. The third kappa shape index (κ3) is 4.73. The number of aromatic nitrogens is 4. The Morgan fingerprint density at radius 1 is 1.29 bits per heavy atom. The van der Waals surface area contributed by atoms with E-state index in [2.05, 4.69) is 20.8 Å². The maximum Gasteiger partial charge on any atom is 0.325 e. The summed E-state index contributed by atoms with van der Waals surface area (Å²) in [5.41, 5.74) is 0.605. The van der Waals surface area contributed by atoms with Crippen LogP contribution in [0.15, 0.2) is 29.4 Å². The molecule has 34 heavy (non-hydrogen) atoms. The number of hydrogen-bond donors (Lipinski definition) is 3. The first kappa shape index (κ1) is 24.0. The highest BCUT2D eigenvalue weighted by Gasteiger charge is 2.57. The number of carboxylic acids is 2. The van der Waals surface area contributed by atoms with Crippen LogP contribution in [0.2, 0.25) is 0 Å². The molecular weight excluding hydrogens is 484 g/mol. The number of tetrazole rings is 1. The van der Waals surface area contributed by atoms with Gasteiger partial charge < -0.3 is 20.4 Å². The van der Waals surface area contributed by atoms with E-state index in [4.69, 9.17) is 5.11 Å². The number of β-lactam (4-membered cyclic amide) rings is 1. The van der Waals surface area contributed by atoms with Crippen LogP contribution in [0, 0.1) is 12.3 Å². The first-order chi connectivity index (χ1) is 16.2. The van der Waals surface area contributed by atoms with Gasteiger partial charge in [0.25, 0.3) is 0 Å². The first-order valence-corrected chi connectivity index (χ1v) is 12.3. The van der Waals surface area contributed by atoms with Crippen molar-refractivity contribution in [2.24, 2.45) is 5.41 Å². The minimum atomic E-state index is -1.27. The number of nitrogens with one attached hydrogen (secondary N) is 1. The van der Waals surface area contributed by atoms with Crippen LogP contribution in [0.3, 0.4) is 0 Å². The number of hydrogen-bond acceptors (Lipinski definition) is 9. The second kappa shape index (κ2) is 9.62. The Labute approximate surface area is 202 Å². The molecule has 3 N–H and O–H groups in total. The summed E-state index contributed by atoms with van der Waals surface area (Å²) < 4.78 is 1.08. The Morgan fingerprint density at radius 2 is 2.06 bits per heavy atom. The van der Waals surface area contributed by atoms with Crippen LogP contribution in [0.25, 0.3) is 0 Å². The zero-order valence-corrected chi connectivity index (χ0v) is 19.7. The molecule has 2 aliphatic rings. The molecule has 3 heterocycles.